The van der Waals surface area contributed by atoms with E-state index in [2.05, 4.69) is 10.4 Å². The standard InChI is InChI=1S/C18H21ClN4O3/c1-3-15-14(10-20-23(15)13-6-4-12(19)5-7-13)21-17(26)22-9-8-18(2,11-22)16(24)25/h4-7,10H,3,8-9,11H2,1-2H3,(H,21,26)(H,24,25). The fraction of sp³-hybridized carbons (Fsp3) is 0.389. The van der Waals surface area contributed by atoms with Crippen LogP contribution in [0.4, 0.5) is 10.5 Å². The van der Waals surface area contributed by atoms with Crippen molar-refractivity contribution in [3.05, 3.63) is 41.2 Å². The number of hydrogen-bond donors (Lipinski definition) is 2. The highest BCUT2D eigenvalue weighted by Crippen LogP contribution is 2.31. The molecule has 1 unspecified atom stereocenters. The van der Waals surface area contributed by atoms with Gasteiger partial charge in [0.1, 0.15) is 0 Å². The molecule has 2 N–H and O–H groups in total. The Balaban J connectivity index is 1.77. The van der Waals surface area contributed by atoms with Crippen molar-refractivity contribution in [3.63, 3.8) is 0 Å². The molecule has 2 amide bonds. The maximum Gasteiger partial charge on any atom is 0.321 e. The van der Waals surface area contributed by atoms with Gasteiger partial charge in [-0.3, -0.25) is 4.79 Å². The fourth-order valence-corrected chi connectivity index (χ4v) is 3.25. The lowest BCUT2D eigenvalue weighted by molar-refractivity contribution is -0.146. The fourth-order valence-electron chi connectivity index (χ4n) is 3.13. The first-order chi connectivity index (χ1) is 12.3. The second-order valence-electron chi connectivity index (χ2n) is 6.71. The van der Waals surface area contributed by atoms with Crippen LogP contribution in [0.3, 0.4) is 0 Å². The molecular formula is C18H21ClN4O3. The van der Waals surface area contributed by atoms with E-state index >= 15 is 0 Å². The first kappa shape index (κ1) is 18.3. The van der Waals surface area contributed by atoms with Gasteiger partial charge in [-0.25, -0.2) is 9.48 Å². The van der Waals surface area contributed by atoms with Crippen molar-refractivity contribution in [3.8, 4) is 5.69 Å². The molecule has 8 heteroatoms. The summed E-state index contributed by atoms with van der Waals surface area (Å²) >= 11 is 5.93. The van der Waals surface area contributed by atoms with Gasteiger partial charge in [0.05, 0.1) is 28.7 Å². The largest absolute Gasteiger partial charge is 0.481 e. The minimum atomic E-state index is -0.890. The number of nitrogens with zero attached hydrogens (tertiary/aromatic N) is 3. The molecule has 2 heterocycles. The summed E-state index contributed by atoms with van der Waals surface area (Å²) in [6.45, 7) is 4.26. The third-order valence-corrected chi connectivity index (χ3v) is 5.05. The van der Waals surface area contributed by atoms with Crippen LogP contribution < -0.4 is 5.32 Å². The van der Waals surface area contributed by atoms with E-state index in [-0.39, 0.29) is 12.6 Å². The lowest BCUT2D eigenvalue weighted by atomic mass is 9.90. The summed E-state index contributed by atoms with van der Waals surface area (Å²) in [4.78, 5) is 25.4. The molecule has 26 heavy (non-hydrogen) atoms. The van der Waals surface area contributed by atoms with Crippen molar-refractivity contribution in [2.24, 2.45) is 5.41 Å². The summed E-state index contributed by atoms with van der Waals surface area (Å²) in [7, 11) is 0. The number of amides is 2. The molecule has 0 bridgehead atoms. The molecule has 0 saturated carbocycles. The van der Waals surface area contributed by atoms with E-state index in [9.17, 15) is 14.7 Å². The van der Waals surface area contributed by atoms with Gasteiger partial charge in [0.15, 0.2) is 0 Å². The molecule has 138 valence electrons. The van der Waals surface area contributed by atoms with Gasteiger partial charge in [-0.2, -0.15) is 5.10 Å². The van der Waals surface area contributed by atoms with E-state index in [1.165, 1.54) is 4.90 Å². The topological polar surface area (TPSA) is 87.5 Å². The van der Waals surface area contributed by atoms with Crippen LogP contribution in [0.25, 0.3) is 5.69 Å². The Bertz CT molecular complexity index is 833. The Kier molecular flexibility index (Phi) is 4.91. The number of hydrogen-bond acceptors (Lipinski definition) is 3. The van der Waals surface area contributed by atoms with Gasteiger partial charge in [-0.1, -0.05) is 18.5 Å². The van der Waals surface area contributed by atoms with Crippen LogP contribution in [-0.2, 0) is 11.2 Å². The molecule has 1 aromatic heterocycles. The average Bonchev–Trinajstić information content (AvgIpc) is 3.20. The van der Waals surface area contributed by atoms with E-state index < -0.39 is 11.4 Å². The summed E-state index contributed by atoms with van der Waals surface area (Å²) in [5.74, 6) is -0.877. The van der Waals surface area contributed by atoms with Crippen LogP contribution in [0.5, 0.6) is 0 Å². The highest BCUT2D eigenvalue weighted by atomic mass is 35.5. The predicted octanol–water partition coefficient (Wildman–Crippen LogP) is 3.42. The Morgan fingerprint density at radius 3 is 2.62 bits per heavy atom. The molecule has 1 aromatic carbocycles. The number of aliphatic carboxylic acids is 1. The molecule has 3 rings (SSSR count). The third kappa shape index (κ3) is 3.39. The highest BCUT2D eigenvalue weighted by molar-refractivity contribution is 6.30. The summed E-state index contributed by atoms with van der Waals surface area (Å²) in [5.41, 5.74) is 1.45. The van der Waals surface area contributed by atoms with Crippen molar-refractivity contribution >= 4 is 29.3 Å². The summed E-state index contributed by atoms with van der Waals surface area (Å²) < 4.78 is 1.76. The number of carbonyl (C=O) groups excluding carboxylic acids is 1. The van der Waals surface area contributed by atoms with Crippen LogP contribution in [0.15, 0.2) is 30.5 Å². The normalized spacial score (nSPS) is 19.6. The number of rotatable bonds is 4. The van der Waals surface area contributed by atoms with Crippen molar-refractivity contribution in [2.45, 2.75) is 26.7 Å². The van der Waals surface area contributed by atoms with E-state index in [4.69, 9.17) is 11.6 Å². The molecule has 7 nitrogen and oxygen atoms in total. The van der Waals surface area contributed by atoms with Crippen molar-refractivity contribution in [2.75, 3.05) is 18.4 Å². The Morgan fingerprint density at radius 2 is 2.04 bits per heavy atom. The maximum atomic E-state index is 12.6. The van der Waals surface area contributed by atoms with Crippen LogP contribution in [0.2, 0.25) is 5.02 Å². The first-order valence-corrected chi connectivity index (χ1v) is 8.84. The van der Waals surface area contributed by atoms with Crippen LogP contribution >= 0.6 is 11.6 Å². The summed E-state index contributed by atoms with van der Waals surface area (Å²) in [6.07, 6.45) is 2.73. The zero-order valence-electron chi connectivity index (χ0n) is 14.7. The molecule has 1 atom stereocenters. The average molecular weight is 377 g/mol. The number of carbonyl (C=O) groups is 2. The Morgan fingerprint density at radius 1 is 1.35 bits per heavy atom. The van der Waals surface area contributed by atoms with Crippen LogP contribution in [0, 0.1) is 5.41 Å². The molecule has 1 fully saturated rings. The van der Waals surface area contributed by atoms with Gasteiger partial charge in [0.25, 0.3) is 0 Å². The number of urea groups is 1. The molecule has 1 aliphatic heterocycles. The Hall–Kier alpha value is -2.54. The summed E-state index contributed by atoms with van der Waals surface area (Å²) in [5, 5.41) is 17.2. The number of carboxylic acids is 1. The number of nitrogens with one attached hydrogen (secondary N) is 1. The smallest absolute Gasteiger partial charge is 0.321 e. The minimum absolute atomic E-state index is 0.195. The number of likely N-dealkylation sites (tertiary alicyclic amines) is 1. The molecule has 1 saturated heterocycles. The van der Waals surface area contributed by atoms with E-state index in [1.54, 1.807) is 29.9 Å². The lowest BCUT2D eigenvalue weighted by Gasteiger charge is -2.20. The number of anilines is 1. The van der Waals surface area contributed by atoms with Gasteiger partial charge in [0.2, 0.25) is 0 Å². The second kappa shape index (κ2) is 6.99. The zero-order chi connectivity index (χ0) is 18.9. The molecule has 2 aromatic rings. The SMILES string of the molecule is CCc1c(NC(=O)N2CCC(C)(C(=O)O)C2)cnn1-c1ccc(Cl)cc1. The van der Waals surface area contributed by atoms with Gasteiger partial charge in [-0.15, -0.1) is 0 Å². The van der Waals surface area contributed by atoms with Crippen LogP contribution in [-0.4, -0.2) is 44.9 Å². The Labute approximate surface area is 156 Å². The van der Waals surface area contributed by atoms with E-state index in [1.807, 2.05) is 19.1 Å². The number of halogens is 1. The highest BCUT2D eigenvalue weighted by Gasteiger charge is 2.42. The molecule has 0 spiro atoms. The zero-order valence-corrected chi connectivity index (χ0v) is 15.5. The predicted molar refractivity (Wildman–Crippen MR) is 98.9 cm³/mol. The van der Waals surface area contributed by atoms with Crippen molar-refractivity contribution in [1.29, 1.82) is 0 Å². The van der Waals surface area contributed by atoms with E-state index in [0.717, 1.165) is 11.4 Å². The summed E-state index contributed by atoms with van der Waals surface area (Å²) in [6, 6.07) is 6.98. The number of carboxylic acid groups (broad SMARTS) is 1. The number of aromatic nitrogens is 2. The molecule has 0 aliphatic carbocycles. The lowest BCUT2D eigenvalue weighted by Crippen LogP contribution is -2.37. The maximum absolute atomic E-state index is 12.6. The van der Waals surface area contributed by atoms with Gasteiger partial charge in [-0.05, 0) is 44.0 Å². The van der Waals surface area contributed by atoms with Gasteiger partial charge >= 0.3 is 12.0 Å². The van der Waals surface area contributed by atoms with E-state index in [0.29, 0.717) is 30.1 Å². The molecule has 1 aliphatic rings. The van der Waals surface area contributed by atoms with Gasteiger partial charge < -0.3 is 15.3 Å². The minimum Gasteiger partial charge on any atom is -0.481 e. The van der Waals surface area contributed by atoms with Crippen LogP contribution in [0.1, 0.15) is 26.0 Å². The quantitative estimate of drug-likeness (QED) is 0.855. The first-order valence-electron chi connectivity index (χ1n) is 8.46. The number of benzene rings is 1. The van der Waals surface area contributed by atoms with Crippen molar-refractivity contribution < 1.29 is 14.7 Å². The molecule has 0 radical (unpaired) electrons. The monoisotopic (exact) mass is 376 g/mol. The van der Waals surface area contributed by atoms with Gasteiger partial charge in [0, 0.05) is 18.1 Å². The second-order valence-corrected chi connectivity index (χ2v) is 7.15. The van der Waals surface area contributed by atoms with Crippen molar-refractivity contribution in [1.82, 2.24) is 14.7 Å². The third-order valence-electron chi connectivity index (χ3n) is 4.79. The molecular weight excluding hydrogens is 356 g/mol.